The van der Waals surface area contributed by atoms with Gasteiger partial charge >= 0.3 is 0 Å². The molecule has 0 radical (unpaired) electrons. The standard InChI is InChI=1S/C22H27ClN2O3S/c1-3-16-7-5-8-17(4-2)21(16)24-22(26)18-9-6-14-25(15-18)29(27,28)20-12-10-19(23)11-13-20/h5,7-8,10-13,18H,3-4,6,9,14-15H2,1-2H3,(H,24,26). The fraction of sp³-hybridized carbons (Fsp3) is 0.409. The van der Waals surface area contributed by atoms with Gasteiger partial charge in [-0.05, 0) is 61.1 Å². The Balaban J connectivity index is 1.77. The molecular formula is C22H27ClN2O3S. The van der Waals surface area contributed by atoms with Gasteiger partial charge in [0.25, 0.3) is 0 Å². The third kappa shape index (κ3) is 4.82. The maximum Gasteiger partial charge on any atom is 0.243 e. The molecule has 29 heavy (non-hydrogen) atoms. The van der Waals surface area contributed by atoms with Crippen LogP contribution in [-0.4, -0.2) is 31.7 Å². The molecule has 1 aliphatic heterocycles. The number of hydrogen-bond donors (Lipinski definition) is 1. The Morgan fingerprint density at radius 1 is 1.10 bits per heavy atom. The highest BCUT2D eigenvalue weighted by Gasteiger charge is 2.33. The summed E-state index contributed by atoms with van der Waals surface area (Å²) in [5, 5.41) is 3.58. The molecule has 0 bridgehead atoms. The lowest BCUT2D eigenvalue weighted by Crippen LogP contribution is -2.43. The van der Waals surface area contributed by atoms with Crippen LogP contribution in [0.1, 0.15) is 37.8 Å². The van der Waals surface area contributed by atoms with Crippen molar-refractivity contribution in [1.82, 2.24) is 4.31 Å². The second-order valence-corrected chi connectivity index (χ2v) is 9.68. The third-order valence-corrected chi connectivity index (χ3v) is 7.58. The fourth-order valence-electron chi connectivity index (χ4n) is 3.76. The summed E-state index contributed by atoms with van der Waals surface area (Å²) in [5.41, 5.74) is 3.07. The van der Waals surface area contributed by atoms with E-state index in [2.05, 4.69) is 19.2 Å². The number of carbonyl (C=O) groups excluding carboxylic acids is 1. The molecule has 0 aromatic heterocycles. The number of amides is 1. The molecule has 1 atom stereocenters. The molecule has 0 saturated carbocycles. The van der Waals surface area contributed by atoms with E-state index in [0.29, 0.717) is 24.4 Å². The quantitative estimate of drug-likeness (QED) is 0.727. The molecule has 3 rings (SSSR count). The van der Waals surface area contributed by atoms with Gasteiger partial charge in [-0.3, -0.25) is 4.79 Å². The van der Waals surface area contributed by atoms with Gasteiger partial charge in [0.1, 0.15) is 0 Å². The first-order valence-electron chi connectivity index (χ1n) is 10.0. The Bertz CT molecular complexity index is 952. The molecule has 0 aliphatic carbocycles. The number of nitrogens with zero attached hydrogens (tertiary/aromatic N) is 1. The van der Waals surface area contributed by atoms with E-state index < -0.39 is 10.0 Å². The second kappa shape index (κ2) is 9.28. The molecule has 1 aliphatic rings. The topological polar surface area (TPSA) is 66.5 Å². The third-order valence-electron chi connectivity index (χ3n) is 5.45. The maximum atomic E-state index is 13.0. The Kier molecular flexibility index (Phi) is 6.98. The first kappa shape index (κ1) is 21.8. The molecular weight excluding hydrogens is 408 g/mol. The number of para-hydroxylation sites is 1. The number of anilines is 1. The van der Waals surface area contributed by atoms with E-state index in [9.17, 15) is 13.2 Å². The normalized spacial score (nSPS) is 17.8. The van der Waals surface area contributed by atoms with Gasteiger partial charge in [-0.15, -0.1) is 0 Å². The Labute approximate surface area is 178 Å². The summed E-state index contributed by atoms with van der Waals surface area (Å²) in [6, 6.07) is 12.2. The van der Waals surface area contributed by atoms with Crippen LogP contribution in [0.5, 0.6) is 0 Å². The van der Waals surface area contributed by atoms with Crippen molar-refractivity contribution >= 4 is 33.2 Å². The van der Waals surface area contributed by atoms with Crippen molar-refractivity contribution in [3.8, 4) is 0 Å². The molecule has 2 aromatic carbocycles. The van der Waals surface area contributed by atoms with Gasteiger partial charge in [0.2, 0.25) is 15.9 Å². The summed E-state index contributed by atoms with van der Waals surface area (Å²) in [6.45, 7) is 4.73. The largest absolute Gasteiger partial charge is 0.325 e. The van der Waals surface area contributed by atoms with Crippen molar-refractivity contribution < 1.29 is 13.2 Å². The summed E-state index contributed by atoms with van der Waals surface area (Å²) in [4.78, 5) is 13.2. The highest BCUT2D eigenvalue weighted by atomic mass is 35.5. The number of carbonyl (C=O) groups is 1. The van der Waals surface area contributed by atoms with Gasteiger partial charge in [-0.1, -0.05) is 43.6 Å². The SMILES string of the molecule is CCc1cccc(CC)c1NC(=O)C1CCCN(S(=O)(=O)c2ccc(Cl)cc2)C1. The van der Waals surface area contributed by atoms with Gasteiger partial charge in [-0.25, -0.2) is 8.42 Å². The van der Waals surface area contributed by atoms with Crippen LogP contribution in [0.3, 0.4) is 0 Å². The van der Waals surface area contributed by atoms with Crippen LogP contribution in [-0.2, 0) is 27.7 Å². The van der Waals surface area contributed by atoms with Gasteiger partial charge in [0.15, 0.2) is 0 Å². The Hall–Kier alpha value is -1.89. The molecule has 1 fully saturated rings. The maximum absolute atomic E-state index is 13.0. The number of sulfonamides is 1. The number of piperidine rings is 1. The van der Waals surface area contributed by atoms with Crippen LogP contribution in [0.4, 0.5) is 5.69 Å². The van der Waals surface area contributed by atoms with E-state index in [1.54, 1.807) is 12.1 Å². The van der Waals surface area contributed by atoms with Gasteiger partial charge < -0.3 is 5.32 Å². The Morgan fingerprint density at radius 3 is 2.31 bits per heavy atom. The zero-order valence-electron chi connectivity index (χ0n) is 16.8. The number of rotatable bonds is 6. The van der Waals surface area contributed by atoms with E-state index in [-0.39, 0.29) is 23.3 Å². The lowest BCUT2D eigenvalue weighted by Gasteiger charge is -2.31. The lowest BCUT2D eigenvalue weighted by atomic mass is 9.97. The van der Waals surface area contributed by atoms with Crippen LogP contribution in [0.15, 0.2) is 47.4 Å². The monoisotopic (exact) mass is 434 g/mol. The second-order valence-electron chi connectivity index (χ2n) is 7.30. The predicted molar refractivity (Wildman–Crippen MR) is 117 cm³/mol. The molecule has 5 nitrogen and oxygen atoms in total. The molecule has 1 unspecified atom stereocenters. The molecule has 0 spiro atoms. The van der Waals surface area contributed by atoms with E-state index >= 15 is 0 Å². The van der Waals surface area contributed by atoms with Gasteiger partial charge in [-0.2, -0.15) is 4.31 Å². The summed E-state index contributed by atoms with van der Waals surface area (Å²) in [6.07, 6.45) is 2.98. The smallest absolute Gasteiger partial charge is 0.243 e. The average Bonchev–Trinajstić information content (AvgIpc) is 2.74. The van der Waals surface area contributed by atoms with Crippen molar-refractivity contribution in [1.29, 1.82) is 0 Å². The highest BCUT2D eigenvalue weighted by molar-refractivity contribution is 7.89. The summed E-state index contributed by atoms with van der Waals surface area (Å²) < 4.78 is 27.4. The van der Waals surface area contributed by atoms with Crippen molar-refractivity contribution in [3.63, 3.8) is 0 Å². The van der Waals surface area contributed by atoms with Crippen LogP contribution in [0.25, 0.3) is 0 Å². The van der Waals surface area contributed by atoms with E-state index in [1.165, 1.54) is 16.4 Å². The molecule has 1 N–H and O–H groups in total. The van der Waals surface area contributed by atoms with Crippen molar-refractivity contribution in [2.24, 2.45) is 5.92 Å². The van der Waals surface area contributed by atoms with Crippen molar-refractivity contribution in [2.45, 2.75) is 44.4 Å². The van der Waals surface area contributed by atoms with Crippen LogP contribution < -0.4 is 5.32 Å². The summed E-state index contributed by atoms with van der Waals surface area (Å²) >= 11 is 5.88. The number of aryl methyl sites for hydroxylation is 2. The highest BCUT2D eigenvalue weighted by Crippen LogP contribution is 2.28. The molecule has 1 amide bonds. The fourth-order valence-corrected chi connectivity index (χ4v) is 5.41. The van der Waals surface area contributed by atoms with Gasteiger partial charge in [0, 0.05) is 23.8 Å². The summed E-state index contributed by atoms with van der Waals surface area (Å²) in [5.74, 6) is -0.489. The van der Waals surface area contributed by atoms with Gasteiger partial charge in [0.05, 0.1) is 10.8 Å². The number of halogens is 1. The van der Waals surface area contributed by atoms with Crippen LogP contribution in [0, 0.1) is 5.92 Å². The zero-order chi connectivity index (χ0) is 21.0. The molecule has 1 saturated heterocycles. The van der Waals surface area contributed by atoms with Crippen molar-refractivity contribution in [3.05, 3.63) is 58.6 Å². The van der Waals surface area contributed by atoms with E-state index in [0.717, 1.165) is 29.7 Å². The summed E-state index contributed by atoms with van der Waals surface area (Å²) in [7, 11) is -3.65. The van der Waals surface area contributed by atoms with E-state index in [4.69, 9.17) is 11.6 Å². The Morgan fingerprint density at radius 2 is 1.72 bits per heavy atom. The first-order valence-corrected chi connectivity index (χ1v) is 11.9. The minimum absolute atomic E-state index is 0.114. The predicted octanol–water partition coefficient (Wildman–Crippen LogP) is 4.50. The van der Waals surface area contributed by atoms with Crippen molar-refractivity contribution in [2.75, 3.05) is 18.4 Å². The minimum atomic E-state index is -3.65. The lowest BCUT2D eigenvalue weighted by molar-refractivity contribution is -0.120. The molecule has 7 heteroatoms. The number of benzene rings is 2. The van der Waals surface area contributed by atoms with Crippen LogP contribution in [0.2, 0.25) is 5.02 Å². The molecule has 2 aromatic rings. The zero-order valence-corrected chi connectivity index (χ0v) is 18.4. The minimum Gasteiger partial charge on any atom is -0.325 e. The molecule has 156 valence electrons. The van der Waals surface area contributed by atoms with Crippen LogP contribution >= 0.6 is 11.6 Å². The number of hydrogen-bond acceptors (Lipinski definition) is 3. The average molecular weight is 435 g/mol. The molecule has 1 heterocycles. The van der Waals surface area contributed by atoms with E-state index in [1.807, 2.05) is 18.2 Å². The number of nitrogens with one attached hydrogen (secondary N) is 1. The first-order chi connectivity index (χ1) is 13.9.